The van der Waals surface area contributed by atoms with Gasteiger partial charge in [0.05, 0.1) is 5.54 Å². The molecule has 0 aromatic rings. The number of ether oxygens (including phenoxy) is 1. The molecule has 4 heteroatoms. The van der Waals surface area contributed by atoms with Crippen molar-refractivity contribution in [3.63, 3.8) is 0 Å². The number of hydrogen-bond acceptors (Lipinski definition) is 3. The van der Waals surface area contributed by atoms with Crippen LogP contribution < -0.4 is 0 Å². The summed E-state index contributed by atoms with van der Waals surface area (Å²) in [6, 6.07) is 0. The molecule has 0 N–H and O–H groups in total. The molecule has 3 rings (SSSR count). The van der Waals surface area contributed by atoms with Gasteiger partial charge < -0.3 is 9.64 Å². The maximum absolute atomic E-state index is 11.8. The number of fused-ring (bicyclic) bond motifs is 2. The van der Waals surface area contributed by atoms with Gasteiger partial charge in [-0.25, -0.2) is 4.79 Å². The first-order valence-electron chi connectivity index (χ1n) is 5.80. The molecule has 0 aromatic carbocycles. The van der Waals surface area contributed by atoms with E-state index in [-0.39, 0.29) is 17.4 Å². The van der Waals surface area contributed by atoms with Crippen molar-refractivity contribution < 1.29 is 14.3 Å². The number of nitrogens with zero attached hydrogens (tertiary/aromatic N) is 1. The van der Waals surface area contributed by atoms with Crippen LogP contribution in [-0.2, 0) is 14.3 Å². The first-order chi connectivity index (χ1) is 7.57. The Morgan fingerprint density at radius 1 is 1.38 bits per heavy atom. The number of esters is 1. The number of piperidine rings is 1. The summed E-state index contributed by atoms with van der Waals surface area (Å²) >= 11 is 0. The maximum atomic E-state index is 11.8. The molecule has 86 valence electrons. The Labute approximate surface area is 94.2 Å². The minimum Gasteiger partial charge on any atom is -0.449 e. The molecule has 3 aliphatic rings. The van der Waals surface area contributed by atoms with E-state index in [0.29, 0.717) is 6.42 Å². The highest BCUT2D eigenvalue weighted by Gasteiger charge is 2.60. The quantitative estimate of drug-likeness (QED) is 0.574. The fraction of sp³-hybridized carbons (Fsp3) is 0.667. The number of hydrogen-bond donors (Lipinski definition) is 0. The summed E-state index contributed by atoms with van der Waals surface area (Å²) in [5.74, 6) is -0.0830. The van der Waals surface area contributed by atoms with Crippen LogP contribution in [0.25, 0.3) is 0 Å². The topological polar surface area (TPSA) is 46.6 Å². The summed E-state index contributed by atoms with van der Waals surface area (Å²) in [5, 5.41) is 0. The predicted molar refractivity (Wildman–Crippen MR) is 56.5 cm³/mol. The van der Waals surface area contributed by atoms with Crippen LogP contribution in [0, 0.1) is 0 Å². The van der Waals surface area contributed by atoms with E-state index < -0.39 is 5.60 Å². The van der Waals surface area contributed by atoms with Gasteiger partial charge in [-0.15, -0.1) is 0 Å². The zero-order valence-corrected chi connectivity index (χ0v) is 9.36. The van der Waals surface area contributed by atoms with E-state index in [0.717, 1.165) is 25.8 Å². The minimum atomic E-state index is -0.561. The molecule has 1 spiro atoms. The molecule has 2 saturated heterocycles. The predicted octanol–water partition coefficient (Wildman–Crippen LogP) is 1.01. The maximum Gasteiger partial charge on any atom is 0.331 e. The molecule has 3 heterocycles. The second-order valence-electron chi connectivity index (χ2n) is 5.07. The van der Waals surface area contributed by atoms with Gasteiger partial charge in [0.2, 0.25) is 5.91 Å². The Morgan fingerprint density at radius 3 is 2.88 bits per heavy atom. The molecule has 2 fully saturated rings. The smallest absolute Gasteiger partial charge is 0.331 e. The van der Waals surface area contributed by atoms with E-state index in [4.69, 9.17) is 4.74 Å². The zero-order valence-electron chi connectivity index (χ0n) is 9.36. The van der Waals surface area contributed by atoms with Gasteiger partial charge in [-0.05, 0) is 32.3 Å². The highest BCUT2D eigenvalue weighted by Crippen LogP contribution is 2.49. The van der Waals surface area contributed by atoms with Crippen LogP contribution in [0.15, 0.2) is 12.2 Å². The van der Waals surface area contributed by atoms with Gasteiger partial charge in [0.25, 0.3) is 0 Å². The zero-order chi connectivity index (χ0) is 11.4. The lowest BCUT2D eigenvalue weighted by molar-refractivity contribution is -0.168. The second-order valence-corrected chi connectivity index (χ2v) is 5.07. The molecule has 1 amide bonds. The second kappa shape index (κ2) is 2.87. The fourth-order valence-electron chi connectivity index (χ4n) is 3.35. The molecular formula is C12H15NO3. The molecule has 0 saturated carbocycles. The van der Waals surface area contributed by atoms with Crippen molar-refractivity contribution in [2.24, 2.45) is 0 Å². The summed E-state index contributed by atoms with van der Waals surface area (Å²) in [6.45, 7) is 2.84. The van der Waals surface area contributed by atoms with Crippen LogP contribution in [-0.4, -0.2) is 34.5 Å². The molecule has 2 atom stereocenters. The third-order valence-electron chi connectivity index (χ3n) is 4.34. The lowest BCUT2D eigenvalue weighted by Gasteiger charge is -2.50. The lowest BCUT2D eigenvalue weighted by atomic mass is 9.73. The summed E-state index contributed by atoms with van der Waals surface area (Å²) in [7, 11) is 0. The standard InChI is InChI=1S/C12H15NO3/c1-11-6-3-9(14)13(11)8-2-5-12(11)7-4-10(15)16-12/h4,7H,2-3,5-6,8H2,1H3/t11-,12+/m1/s1. The first kappa shape index (κ1) is 9.87. The minimum absolute atomic E-state index is 0.193. The van der Waals surface area contributed by atoms with Crippen molar-refractivity contribution in [1.82, 2.24) is 4.90 Å². The molecular weight excluding hydrogens is 206 g/mol. The average molecular weight is 221 g/mol. The van der Waals surface area contributed by atoms with E-state index in [9.17, 15) is 9.59 Å². The molecule has 3 aliphatic heterocycles. The average Bonchev–Trinajstić information content (AvgIpc) is 2.75. The van der Waals surface area contributed by atoms with Gasteiger partial charge in [0, 0.05) is 19.0 Å². The largest absolute Gasteiger partial charge is 0.449 e. The van der Waals surface area contributed by atoms with Crippen LogP contribution in [0.4, 0.5) is 0 Å². The van der Waals surface area contributed by atoms with E-state index in [2.05, 4.69) is 0 Å². The molecule has 16 heavy (non-hydrogen) atoms. The van der Waals surface area contributed by atoms with Crippen molar-refractivity contribution in [3.05, 3.63) is 12.2 Å². The van der Waals surface area contributed by atoms with E-state index >= 15 is 0 Å². The molecule has 0 aromatic heterocycles. The highest BCUT2D eigenvalue weighted by atomic mass is 16.6. The van der Waals surface area contributed by atoms with Crippen LogP contribution in [0.2, 0.25) is 0 Å². The Kier molecular flexibility index (Phi) is 1.77. The molecule has 0 bridgehead atoms. The van der Waals surface area contributed by atoms with Crippen LogP contribution in [0.5, 0.6) is 0 Å². The van der Waals surface area contributed by atoms with Crippen molar-refractivity contribution in [2.75, 3.05) is 6.54 Å². The Balaban J connectivity index is 2.04. The van der Waals surface area contributed by atoms with Crippen molar-refractivity contribution >= 4 is 11.9 Å². The van der Waals surface area contributed by atoms with E-state index in [1.807, 2.05) is 17.9 Å². The highest BCUT2D eigenvalue weighted by molar-refractivity contribution is 5.87. The lowest BCUT2D eigenvalue weighted by Crippen LogP contribution is -2.63. The number of rotatable bonds is 0. The number of amides is 1. The molecule has 0 unspecified atom stereocenters. The van der Waals surface area contributed by atoms with Crippen LogP contribution in [0.1, 0.15) is 32.6 Å². The Morgan fingerprint density at radius 2 is 2.19 bits per heavy atom. The SMILES string of the molecule is C[C@]12CCC(=O)N1CCC[C@]21C=CC(=O)O1. The monoisotopic (exact) mass is 221 g/mol. The summed E-state index contributed by atoms with van der Waals surface area (Å²) in [6.07, 6.45) is 6.44. The van der Waals surface area contributed by atoms with Crippen LogP contribution in [0.3, 0.4) is 0 Å². The third-order valence-corrected chi connectivity index (χ3v) is 4.34. The van der Waals surface area contributed by atoms with Crippen molar-refractivity contribution in [3.8, 4) is 0 Å². The summed E-state index contributed by atoms with van der Waals surface area (Å²) in [5.41, 5.74) is -0.889. The Bertz CT molecular complexity index is 403. The van der Waals surface area contributed by atoms with Gasteiger partial charge >= 0.3 is 5.97 Å². The van der Waals surface area contributed by atoms with Gasteiger partial charge in [0.15, 0.2) is 5.60 Å². The van der Waals surface area contributed by atoms with Crippen LogP contribution >= 0.6 is 0 Å². The van der Waals surface area contributed by atoms with E-state index in [1.54, 1.807) is 0 Å². The van der Waals surface area contributed by atoms with E-state index in [1.165, 1.54) is 6.08 Å². The van der Waals surface area contributed by atoms with Gasteiger partial charge in [-0.2, -0.15) is 0 Å². The van der Waals surface area contributed by atoms with Gasteiger partial charge in [0.1, 0.15) is 0 Å². The number of carbonyl (C=O) groups excluding carboxylic acids is 2. The summed E-state index contributed by atoms with van der Waals surface area (Å²) < 4.78 is 5.51. The van der Waals surface area contributed by atoms with Crippen molar-refractivity contribution in [2.45, 2.75) is 43.7 Å². The molecule has 0 radical (unpaired) electrons. The molecule has 0 aliphatic carbocycles. The molecule has 4 nitrogen and oxygen atoms in total. The normalized spacial score (nSPS) is 41.7. The number of carbonyl (C=O) groups is 2. The Hall–Kier alpha value is -1.32. The first-order valence-corrected chi connectivity index (χ1v) is 5.80. The third kappa shape index (κ3) is 0.996. The van der Waals surface area contributed by atoms with Gasteiger partial charge in [-0.1, -0.05) is 0 Å². The summed E-state index contributed by atoms with van der Waals surface area (Å²) in [4.78, 5) is 25.0. The van der Waals surface area contributed by atoms with Gasteiger partial charge in [-0.3, -0.25) is 4.79 Å². The fourth-order valence-corrected chi connectivity index (χ4v) is 3.35. The van der Waals surface area contributed by atoms with Crippen molar-refractivity contribution in [1.29, 1.82) is 0 Å².